The van der Waals surface area contributed by atoms with Gasteiger partial charge in [0.05, 0.1) is 21.6 Å². The van der Waals surface area contributed by atoms with Crippen molar-refractivity contribution in [3.05, 3.63) is 49.5 Å². The number of amides is 1. The molecule has 0 aliphatic rings. The molecule has 3 nitrogen and oxygen atoms in total. The first-order valence-corrected chi connectivity index (χ1v) is 7.85. The van der Waals surface area contributed by atoms with E-state index in [1.165, 1.54) is 24.5 Å². The van der Waals surface area contributed by atoms with E-state index in [9.17, 15) is 9.18 Å². The molecule has 1 unspecified atom stereocenters. The minimum absolute atomic E-state index is 0.159. The first-order chi connectivity index (χ1) is 9.51. The van der Waals surface area contributed by atoms with E-state index in [0.717, 1.165) is 2.88 Å². The lowest BCUT2D eigenvalue weighted by molar-refractivity contribution is 0.0940. The van der Waals surface area contributed by atoms with Crippen molar-refractivity contribution in [3.63, 3.8) is 0 Å². The third kappa shape index (κ3) is 3.49. The molecule has 0 bridgehead atoms. The number of hydrogen-bond donors (Lipinski definition) is 1. The van der Waals surface area contributed by atoms with Gasteiger partial charge in [0.15, 0.2) is 11.6 Å². The minimum atomic E-state index is -0.434. The maximum Gasteiger partial charge on any atom is 0.252 e. The number of benzene rings is 1. The summed E-state index contributed by atoms with van der Waals surface area (Å²) >= 11 is 3.68. The molecule has 0 aliphatic heterocycles. The van der Waals surface area contributed by atoms with Crippen LogP contribution in [-0.4, -0.2) is 13.0 Å². The number of ether oxygens (including phenoxy) is 1. The van der Waals surface area contributed by atoms with Crippen molar-refractivity contribution in [1.82, 2.24) is 5.32 Å². The second kappa shape index (κ2) is 6.53. The van der Waals surface area contributed by atoms with Gasteiger partial charge in [-0.2, -0.15) is 0 Å². The second-order valence-corrected chi connectivity index (χ2v) is 7.03. The lowest BCUT2D eigenvalue weighted by Crippen LogP contribution is -2.26. The predicted octanol–water partition coefficient (Wildman–Crippen LogP) is 3.99. The van der Waals surface area contributed by atoms with Crippen LogP contribution in [0.1, 0.15) is 28.9 Å². The van der Waals surface area contributed by atoms with E-state index in [-0.39, 0.29) is 17.7 Å². The van der Waals surface area contributed by atoms with Crippen LogP contribution in [0.15, 0.2) is 29.6 Å². The monoisotopic (exact) mass is 405 g/mol. The van der Waals surface area contributed by atoms with Crippen LogP contribution in [0.5, 0.6) is 5.75 Å². The van der Waals surface area contributed by atoms with Gasteiger partial charge in [0.1, 0.15) is 0 Å². The highest BCUT2D eigenvalue weighted by atomic mass is 127. The number of nitrogens with one attached hydrogen (secondary N) is 1. The van der Waals surface area contributed by atoms with E-state index in [4.69, 9.17) is 4.74 Å². The van der Waals surface area contributed by atoms with E-state index in [1.807, 2.05) is 13.0 Å². The second-order valence-electron chi connectivity index (χ2n) is 4.23. The van der Waals surface area contributed by atoms with E-state index in [2.05, 4.69) is 27.9 Å². The summed E-state index contributed by atoms with van der Waals surface area (Å²) in [4.78, 5) is 12.0. The van der Waals surface area contributed by atoms with E-state index >= 15 is 0 Å². The Balaban J connectivity index is 2.10. The Hall–Kier alpha value is -1.15. The summed E-state index contributed by atoms with van der Waals surface area (Å²) in [7, 11) is 1.42. The van der Waals surface area contributed by atoms with Gasteiger partial charge in [-0.25, -0.2) is 4.39 Å². The summed E-state index contributed by atoms with van der Waals surface area (Å²) < 4.78 is 19.6. The zero-order chi connectivity index (χ0) is 14.7. The predicted molar refractivity (Wildman–Crippen MR) is 85.9 cm³/mol. The smallest absolute Gasteiger partial charge is 0.252 e. The number of hydrogen-bond acceptors (Lipinski definition) is 3. The SMILES string of the molecule is COc1ccc(C(C)NC(=O)c2csc(I)c2)cc1F. The lowest BCUT2D eigenvalue weighted by Gasteiger charge is -2.14. The highest BCUT2D eigenvalue weighted by Crippen LogP contribution is 2.22. The molecule has 106 valence electrons. The summed E-state index contributed by atoms with van der Waals surface area (Å²) in [5.74, 6) is -0.399. The first kappa shape index (κ1) is 15.2. The topological polar surface area (TPSA) is 38.3 Å². The van der Waals surface area contributed by atoms with Gasteiger partial charge in [0.2, 0.25) is 0 Å². The highest BCUT2D eigenvalue weighted by Gasteiger charge is 2.14. The van der Waals surface area contributed by atoms with Crippen molar-refractivity contribution in [1.29, 1.82) is 0 Å². The molecule has 1 aromatic carbocycles. The Morgan fingerprint density at radius 2 is 2.20 bits per heavy atom. The molecular weight excluding hydrogens is 392 g/mol. The molecule has 1 N–H and O–H groups in total. The molecule has 20 heavy (non-hydrogen) atoms. The Labute approximate surface area is 134 Å². The van der Waals surface area contributed by atoms with Crippen molar-refractivity contribution in [3.8, 4) is 5.75 Å². The number of carbonyl (C=O) groups excluding carboxylic acids is 1. The summed E-state index contributed by atoms with van der Waals surface area (Å²) in [6.45, 7) is 1.82. The van der Waals surface area contributed by atoms with Crippen LogP contribution < -0.4 is 10.1 Å². The molecule has 1 aromatic heterocycles. The minimum Gasteiger partial charge on any atom is -0.494 e. The van der Waals surface area contributed by atoms with Gasteiger partial charge in [-0.15, -0.1) is 11.3 Å². The number of halogens is 2. The molecule has 1 amide bonds. The van der Waals surface area contributed by atoms with Crippen molar-refractivity contribution in [2.75, 3.05) is 7.11 Å². The quantitative estimate of drug-likeness (QED) is 0.782. The van der Waals surface area contributed by atoms with Gasteiger partial charge in [0.25, 0.3) is 5.91 Å². The molecule has 2 rings (SSSR count). The molecule has 0 fully saturated rings. The van der Waals surface area contributed by atoms with Crippen LogP contribution in [-0.2, 0) is 0 Å². The molecule has 2 aromatic rings. The maximum atomic E-state index is 13.6. The Kier molecular flexibility index (Phi) is 4.98. The van der Waals surface area contributed by atoms with Gasteiger partial charge in [0, 0.05) is 5.38 Å². The van der Waals surface area contributed by atoms with E-state index in [1.54, 1.807) is 17.5 Å². The van der Waals surface area contributed by atoms with E-state index < -0.39 is 5.82 Å². The fourth-order valence-electron chi connectivity index (χ4n) is 1.74. The van der Waals surface area contributed by atoms with Gasteiger partial charge < -0.3 is 10.1 Å². The standard InChI is InChI=1S/C14H13FINO2S/c1-8(9-3-4-12(19-2)11(15)5-9)17-14(18)10-6-13(16)20-7-10/h3-8H,1-2H3,(H,17,18). The average Bonchev–Trinajstić information content (AvgIpc) is 2.85. The number of carbonyl (C=O) groups is 1. The molecule has 1 heterocycles. The maximum absolute atomic E-state index is 13.6. The first-order valence-electron chi connectivity index (χ1n) is 5.89. The molecule has 1 atom stereocenters. The summed E-state index contributed by atoms with van der Waals surface area (Å²) in [6, 6.07) is 6.22. The largest absolute Gasteiger partial charge is 0.494 e. The molecule has 0 saturated carbocycles. The van der Waals surface area contributed by atoms with Crippen molar-refractivity contribution < 1.29 is 13.9 Å². The normalized spacial score (nSPS) is 12.0. The molecule has 0 saturated heterocycles. The van der Waals surface area contributed by atoms with Crippen LogP contribution in [0.2, 0.25) is 0 Å². The molecule has 6 heteroatoms. The third-order valence-corrected chi connectivity index (χ3v) is 4.64. The summed E-state index contributed by atoms with van der Waals surface area (Å²) in [5, 5.41) is 4.65. The van der Waals surface area contributed by atoms with Crippen LogP contribution in [0.4, 0.5) is 4.39 Å². The number of thiophene rings is 1. The molecule has 0 radical (unpaired) electrons. The fraction of sp³-hybridized carbons (Fsp3) is 0.214. The molecule has 0 spiro atoms. The zero-order valence-corrected chi connectivity index (χ0v) is 13.9. The molecule has 0 aliphatic carbocycles. The fourth-order valence-corrected chi connectivity index (χ4v) is 3.07. The van der Waals surface area contributed by atoms with Crippen LogP contribution in [0, 0.1) is 8.70 Å². The average molecular weight is 405 g/mol. The molecular formula is C14H13FINO2S. The Bertz CT molecular complexity index is 629. The van der Waals surface area contributed by atoms with Gasteiger partial charge in [-0.05, 0) is 53.3 Å². The Morgan fingerprint density at radius 3 is 2.75 bits per heavy atom. The van der Waals surface area contributed by atoms with Crippen LogP contribution in [0.3, 0.4) is 0 Å². The summed E-state index contributed by atoms with van der Waals surface area (Å²) in [5.41, 5.74) is 1.32. The van der Waals surface area contributed by atoms with Crippen LogP contribution >= 0.6 is 33.9 Å². The van der Waals surface area contributed by atoms with Gasteiger partial charge >= 0.3 is 0 Å². The van der Waals surface area contributed by atoms with Crippen molar-refractivity contribution >= 4 is 39.8 Å². The number of rotatable bonds is 4. The van der Waals surface area contributed by atoms with E-state index in [0.29, 0.717) is 11.1 Å². The third-order valence-electron chi connectivity index (χ3n) is 2.85. The van der Waals surface area contributed by atoms with Crippen molar-refractivity contribution in [2.24, 2.45) is 0 Å². The van der Waals surface area contributed by atoms with Gasteiger partial charge in [-0.1, -0.05) is 6.07 Å². The zero-order valence-electron chi connectivity index (χ0n) is 10.9. The lowest BCUT2D eigenvalue weighted by atomic mass is 10.1. The van der Waals surface area contributed by atoms with Gasteiger partial charge in [-0.3, -0.25) is 4.79 Å². The summed E-state index contributed by atoms with van der Waals surface area (Å²) in [6.07, 6.45) is 0. The Morgan fingerprint density at radius 1 is 1.45 bits per heavy atom. The van der Waals surface area contributed by atoms with Crippen LogP contribution in [0.25, 0.3) is 0 Å². The van der Waals surface area contributed by atoms with Crippen molar-refractivity contribution in [2.45, 2.75) is 13.0 Å². The highest BCUT2D eigenvalue weighted by molar-refractivity contribution is 14.1. The number of methoxy groups -OCH3 is 1.